The van der Waals surface area contributed by atoms with Crippen molar-refractivity contribution in [2.45, 2.75) is 6.54 Å². The standard InChI is InChI=1S/C10H12BrFN2O2/c11-9-5-8(12)2-1-7(9)6-14-3-4-16-10(13)15/h1-2,5,14H,3-4,6H2,(H2,13,15). The van der Waals surface area contributed by atoms with Crippen molar-refractivity contribution in [2.75, 3.05) is 13.2 Å². The van der Waals surface area contributed by atoms with E-state index in [4.69, 9.17) is 5.73 Å². The summed E-state index contributed by atoms with van der Waals surface area (Å²) in [5, 5.41) is 3.03. The van der Waals surface area contributed by atoms with Crippen LogP contribution in [0.4, 0.5) is 9.18 Å². The van der Waals surface area contributed by atoms with Crippen LogP contribution in [0.5, 0.6) is 0 Å². The van der Waals surface area contributed by atoms with Gasteiger partial charge in [0.05, 0.1) is 0 Å². The lowest BCUT2D eigenvalue weighted by Gasteiger charge is -2.06. The zero-order valence-electron chi connectivity index (χ0n) is 8.50. The monoisotopic (exact) mass is 290 g/mol. The first-order valence-corrected chi connectivity index (χ1v) is 5.46. The molecular formula is C10H12BrFN2O2. The highest BCUT2D eigenvalue weighted by molar-refractivity contribution is 9.10. The molecule has 16 heavy (non-hydrogen) atoms. The molecule has 4 nitrogen and oxygen atoms in total. The Labute approximate surface area is 101 Å². The van der Waals surface area contributed by atoms with Gasteiger partial charge in [0.2, 0.25) is 0 Å². The van der Waals surface area contributed by atoms with E-state index in [2.05, 4.69) is 26.0 Å². The van der Waals surface area contributed by atoms with Crippen molar-refractivity contribution in [3.8, 4) is 0 Å². The first-order valence-electron chi connectivity index (χ1n) is 4.66. The molecule has 3 N–H and O–H groups in total. The van der Waals surface area contributed by atoms with Crippen molar-refractivity contribution < 1.29 is 13.9 Å². The minimum atomic E-state index is -0.787. The van der Waals surface area contributed by atoms with Crippen molar-refractivity contribution in [1.82, 2.24) is 5.32 Å². The summed E-state index contributed by atoms with van der Waals surface area (Å²) in [6.07, 6.45) is -0.787. The molecule has 0 aliphatic carbocycles. The third-order valence-corrected chi connectivity index (χ3v) is 2.59. The summed E-state index contributed by atoms with van der Waals surface area (Å²) in [7, 11) is 0. The number of hydrogen-bond acceptors (Lipinski definition) is 3. The lowest BCUT2D eigenvalue weighted by atomic mass is 10.2. The number of carbonyl (C=O) groups is 1. The Morgan fingerprint density at radius 1 is 1.56 bits per heavy atom. The van der Waals surface area contributed by atoms with E-state index in [9.17, 15) is 9.18 Å². The van der Waals surface area contributed by atoms with Gasteiger partial charge in [-0.05, 0) is 17.7 Å². The van der Waals surface area contributed by atoms with Gasteiger partial charge >= 0.3 is 6.09 Å². The first-order chi connectivity index (χ1) is 7.59. The highest BCUT2D eigenvalue weighted by atomic mass is 79.9. The van der Waals surface area contributed by atoms with E-state index in [1.165, 1.54) is 12.1 Å². The van der Waals surface area contributed by atoms with E-state index < -0.39 is 6.09 Å². The van der Waals surface area contributed by atoms with Gasteiger partial charge in [-0.2, -0.15) is 0 Å². The molecule has 0 saturated heterocycles. The summed E-state index contributed by atoms with van der Waals surface area (Å²) in [6, 6.07) is 4.47. The maximum Gasteiger partial charge on any atom is 0.404 e. The van der Waals surface area contributed by atoms with Crippen molar-refractivity contribution in [2.24, 2.45) is 5.73 Å². The minimum absolute atomic E-state index is 0.216. The number of halogens is 2. The molecule has 0 bridgehead atoms. The quantitative estimate of drug-likeness (QED) is 0.813. The van der Waals surface area contributed by atoms with Crippen molar-refractivity contribution in [3.63, 3.8) is 0 Å². The fourth-order valence-corrected chi connectivity index (χ4v) is 1.60. The number of carbonyl (C=O) groups excluding carboxylic acids is 1. The van der Waals surface area contributed by atoms with Crippen LogP contribution in [-0.4, -0.2) is 19.2 Å². The number of ether oxygens (including phenoxy) is 1. The molecule has 0 aliphatic rings. The van der Waals surface area contributed by atoms with E-state index in [-0.39, 0.29) is 12.4 Å². The third kappa shape index (κ3) is 4.59. The minimum Gasteiger partial charge on any atom is -0.448 e. The Balaban J connectivity index is 2.29. The van der Waals surface area contributed by atoms with Gasteiger partial charge in [0.15, 0.2) is 0 Å². The van der Waals surface area contributed by atoms with Crippen LogP contribution in [0.25, 0.3) is 0 Å². The first kappa shape index (κ1) is 12.9. The van der Waals surface area contributed by atoms with E-state index in [0.717, 1.165) is 5.56 Å². The zero-order valence-corrected chi connectivity index (χ0v) is 10.1. The van der Waals surface area contributed by atoms with Crippen molar-refractivity contribution in [1.29, 1.82) is 0 Å². The number of primary amides is 1. The Hall–Kier alpha value is -1.14. The Kier molecular flexibility index (Phi) is 5.21. The average Bonchev–Trinajstić information content (AvgIpc) is 2.20. The van der Waals surface area contributed by atoms with E-state index in [1.54, 1.807) is 6.07 Å². The molecule has 0 aliphatic heterocycles. The molecule has 0 atom stereocenters. The van der Waals surface area contributed by atoms with Crippen LogP contribution in [0.15, 0.2) is 22.7 Å². The molecule has 0 spiro atoms. The summed E-state index contributed by atoms with van der Waals surface area (Å²) in [5.74, 6) is -0.285. The molecule has 1 amide bonds. The zero-order chi connectivity index (χ0) is 12.0. The van der Waals surface area contributed by atoms with Crippen LogP contribution in [0, 0.1) is 5.82 Å². The van der Waals surface area contributed by atoms with Crippen LogP contribution in [-0.2, 0) is 11.3 Å². The van der Waals surface area contributed by atoms with Gasteiger partial charge < -0.3 is 15.8 Å². The Morgan fingerprint density at radius 3 is 2.94 bits per heavy atom. The molecule has 6 heteroatoms. The van der Waals surface area contributed by atoms with E-state index >= 15 is 0 Å². The number of rotatable bonds is 5. The summed E-state index contributed by atoms with van der Waals surface area (Å²) in [4.78, 5) is 10.2. The number of hydrogen-bond donors (Lipinski definition) is 2. The van der Waals surface area contributed by atoms with Gasteiger partial charge in [0.25, 0.3) is 0 Å². The number of benzene rings is 1. The largest absolute Gasteiger partial charge is 0.448 e. The lowest BCUT2D eigenvalue weighted by molar-refractivity contribution is 0.157. The molecule has 0 fully saturated rings. The van der Waals surface area contributed by atoms with Crippen molar-refractivity contribution >= 4 is 22.0 Å². The van der Waals surface area contributed by atoms with Crippen LogP contribution in [0.2, 0.25) is 0 Å². The average molecular weight is 291 g/mol. The summed E-state index contributed by atoms with van der Waals surface area (Å²) in [6.45, 7) is 1.27. The SMILES string of the molecule is NC(=O)OCCNCc1ccc(F)cc1Br. The van der Waals surface area contributed by atoms with E-state index in [1.807, 2.05) is 0 Å². The summed E-state index contributed by atoms with van der Waals surface area (Å²) < 4.78 is 18.0. The molecule has 1 rings (SSSR count). The van der Waals surface area contributed by atoms with Crippen LogP contribution < -0.4 is 11.1 Å². The fraction of sp³-hybridized carbons (Fsp3) is 0.300. The second kappa shape index (κ2) is 6.44. The molecule has 0 unspecified atom stereocenters. The molecule has 0 radical (unpaired) electrons. The second-order valence-corrected chi connectivity index (χ2v) is 3.93. The molecule has 1 aromatic rings. The highest BCUT2D eigenvalue weighted by Gasteiger charge is 2.01. The molecule has 88 valence electrons. The number of amides is 1. The maximum absolute atomic E-state index is 12.8. The van der Waals surface area contributed by atoms with Gasteiger partial charge in [-0.1, -0.05) is 22.0 Å². The van der Waals surface area contributed by atoms with E-state index in [0.29, 0.717) is 17.6 Å². The third-order valence-electron chi connectivity index (χ3n) is 1.85. The smallest absolute Gasteiger partial charge is 0.404 e. The summed E-state index contributed by atoms with van der Waals surface area (Å²) >= 11 is 3.25. The molecule has 1 aromatic carbocycles. The molecule has 0 saturated carbocycles. The summed E-state index contributed by atoms with van der Waals surface area (Å²) in [5.41, 5.74) is 5.72. The normalized spacial score (nSPS) is 10.1. The predicted molar refractivity (Wildman–Crippen MR) is 61.3 cm³/mol. The highest BCUT2D eigenvalue weighted by Crippen LogP contribution is 2.17. The number of nitrogens with two attached hydrogens (primary N) is 1. The van der Waals surface area contributed by atoms with Gasteiger partial charge in [0, 0.05) is 17.6 Å². The van der Waals surface area contributed by atoms with Gasteiger partial charge in [-0.3, -0.25) is 0 Å². The Morgan fingerprint density at radius 2 is 2.31 bits per heavy atom. The van der Waals surface area contributed by atoms with Crippen LogP contribution in [0.3, 0.4) is 0 Å². The number of nitrogens with one attached hydrogen (secondary N) is 1. The lowest BCUT2D eigenvalue weighted by Crippen LogP contribution is -2.23. The van der Waals surface area contributed by atoms with Gasteiger partial charge in [-0.25, -0.2) is 9.18 Å². The molecule has 0 heterocycles. The topological polar surface area (TPSA) is 64.4 Å². The van der Waals surface area contributed by atoms with Crippen LogP contribution >= 0.6 is 15.9 Å². The predicted octanol–water partition coefficient (Wildman–Crippen LogP) is 1.77. The van der Waals surface area contributed by atoms with Crippen LogP contribution in [0.1, 0.15) is 5.56 Å². The fourth-order valence-electron chi connectivity index (χ4n) is 1.11. The molecule has 0 aromatic heterocycles. The maximum atomic E-state index is 12.8. The second-order valence-electron chi connectivity index (χ2n) is 3.08. The Bertz CT molecular complexity index is 374. The van der Waals surface area contributed by atoms with Gasteiger partial charge in [0.1, 0.15) is 12.4 Å². The van der Waals surface area contributed by atoms with Crippen molar-refractivity contribution in [3.05, 3.63) is 34.1 Å². The van der Waals surface area contributed by atoms with Gasteiger partial charge in [-0.15, -0.1) is 0 Å². The molecular weight excluding hydrogens is 279 g/mol.